The summed E-state index contributed by atoms with van der Waals surface area (Å²) in [5.41, 5.74) is -6.26. The summed E-state index contributed by atoms with van der Waals surface area (Å²) in [7, 11) is 0. The summed E-state index contributed by atoms with van der Waals surface area (Å²) in [6.45, 7) is 7.27. The Hall–Kier alpha value is -2.01. The van der Waals surface area contributed by atoms with Gasteiger partial charge in [0.1, 0.15) is 11.6 Å². The average Bonchev–Trinajstić information content (AvgIpc) is 2.65. The van der Waals surface area contributed by atoms with Crippen LogP contribution < -0.4 is 5.32 Å². The molecule has 3 amide bonds. The number of esters is 1. The smallest absolute Gasteiger partial charge is 0.429 e. The van der Waals surface area contributed by atoms with Crippen molar-refractivity contribution in [1.29, 1.82) is 0 Å². The normalized spacial score (nSPS) is 19.3. The van der Waals surface area contributed by atoms with Gasteiger partial charge in [0.25, 0.3) is 5.91 Å². The summed E-state index contributed by atoms with van der Waals surface area (Å²) >= 11 is 0. The van der Waals surface area contributed by atoms with Crippen LogP contribution in [-0.2, 0) is 14.3 Å². The Balaban J connectivity index is 3.46. The molecule has 0 spiro atoms. The zero-order valence-electron chi connectivity index (χ0n) is 15.2. The van der Waals surface area contributed by atoms with E-state index >= 15 is 0 Å². The third-order valence-electron chi connectivity index (χ3n) is 3.59. The van der Waals surface area contributed by atoms with Crippen LogP contribution in [0.2, 0.25) is 0 Å². The van der Waals surface area contributed by atoms with Crippen LogP contribution in [0.1, 0.15) is 41.0 Å². The Morgan fingerprint density at radius 1 is 1.07 bits per heavy atom. The number of carbonyl (C=O) groups excluding carboxylic acids is 3. The molecule has 0 radical (unpaired) electrons. The maximum absolute atomic E-state index is 13.2. The first-order chi connectivity index (χ1) is 11.8. The van der Waals surface area contributed by atoms with Crippen molar-refractivity contribution in [2.75, 3.05) is 0 Å². The Kier molecular flexibility index (Phi) is 5.85. The van der Waals surface area contributed by atoms with Gasteiger partial charge in [-0.1, -0.05) is 13.8 Å². The summed E-state index contributed by atoms with van der Waals surface area (Å²) in [5.74, 6) is -4.33. The van der Waals surface area contributed by atoms with Gasteiger partial charge in [-0.15, -0.1) is 0 Å². The Bertz CT molecular complexity index is 607. The fourth-order valence-corrected chi connectivity index (χ4v) is 2.50. The molecule has 1 N–H and O–H groups in total. The van der Waals surface area contributed by atoms with Gasteiger partial charge >= 0.3 is 29.9 Å². The Morgan fingerprint density at radius 2 is 1.52 bits per heavy atom. The van der Waals surface area contributed by atoms with E-state index in [4.69, 9.17) is 4.74 Å². The summed E-state index contributed by atoms with van der Waals surface area (Å²) in [6.07, 6.45) is -12.7. The minimum atomic E-state index is -6.16. The van der Waals surface area contributed by atoms with Crippen LogP contribution in [-0.4, -0.2) is 52.3 Å². The molecule has 1 aliphatic heterocycles. The molecule has 1 atom stereocenters. The molecular weight excluding hydrogens is 386 g/mol. The lowest BCUT2D eigenvalue weighted by atomic mass is 9.96. The molecule has 27 heavy (non-hydrogen) atoms. The number of alkyl halides is 6. The number of hydrogen-bond acceptors (Lipinski definition) is 4. The SMILES string of the molecule is CC(C)C[C@@H](C(=O)OC(C)(C)C)N1C(=O)NC(C(F)(F)F)(C(F)(F)F)C1=O. The van der Waals surface area contributed by atoms with Crippen molar-refractivity contribution in [3.05, 3.63) is 0 Å². The van der Waals surface area contributed by atoms with Gasteiger partial charge in [0.05, 0.1) is 0 Å². The van der Waals surface area contributed by atoms with Crippen molar-refractivity contribution in [2.45, 2.75) is 70.6 Å². The number of ether oxygens (including phenoxy) is 1. The highest BCUT2D eigenvalue weighted by Crippen LogP contribution is 2.47. The van der Waals surface area contributed by atoms with Crippen molar-refractivity contribution in [3.63, 3.8) is 0 Å². The number of carbonyl (C=O) groups is 3. The lowest BCUT2D eigenvalue weighted by Gasteiger charge is -2.32. The summed E-state index contributed by atoms with van der Waals surface area (Å²) in [6, 6.07) is -3.91. The monoisotopic (exact) mass is 406 g/mol. The number of nitrogens with zero attached hydrogens (tertiary/aromatic N) is 1. The second-order valence-corrected chi connectivity index (χ2v) is 7.53. The van der Waals surface area contributed by atoms with E-state index < -0.39 is 53.4 Å². The second kappa shape index (κ2) is 6.86. The van der Waals surface area contributed by atoms with E-state index in [1.807, 2.05) is 0 Å². The maximum Gasteiger partial charge on any atom is 0.429 e. The van der Waals surface area contributed by atoms with Crippen LogP contribution in [0.5, 0.6) is 0 Å². The highest BCUT2D eigenvalue weighted by Gasteiger charge is 2.81. The molecule has 1 saturated heterocycles. The molecule has 1 fully saturated rings. The van der Waals surface area contributed by atoms with Crippen molar-refractivity contribution in [1.82, 2.24) is 10.2 Å². The Morgan fingerprint density at radius 3 is 1.81 bits per heavy atom. The van der Waals surface area contributed by atoms with Gasteiger partial charge in [-0.3, -0.25) is 4.79 Å². The van der Waals surface area contributed by atoms with Crippen molar-refractivity contribution < 1.29 is 45.5 Å². The molecule has 1 aliphatic rings. The van der Waals surface area contributed by atoms with E-state index in [0.717, 1.165) is 0 Å². The summed E-state index contributed by atoms with van der Waals surface area (Å²) < 4.78 is 84.2. The Labute approximate surface area is 151 Å². The molecule has 0 aromatic rings. The maximum atomic E-state index is 13.2. The summed E-state index contributed by atoms with van der Waals surface area (Å²) in [5, 5.41) is 0.698. The number of rotatable bonds is 4. The standard InChI is InChI=1S/C15H20F6N2O4/c1-7(2)6-8(9(24)27-12(3,4)5)23-10(25)13(14(16,17)18,15(19,20)21)22-11(23)26/h7-8H,6H2,1-5H3,(H,22,26)/t8-/m0/s1. The van der Waals surface area contributed by atoms with Gasteiger partial charge in [-0.25, -0.2) is 14.5 Å². The van der Waals surface area contributed by atoms with Crippen molar-refractivity contribution >= 4 is 17.9 Å². The van der Waals surface area contributed by atoms with E-state index in [0.29, 0.717) is 5.32 Å². The highest BCUT2D eigenvalue weighted by atomic mass is 19.4. The first-order valence-corrected chi connectivity index (χ1v) is 7.87. The number of imide groups is 1. The van der Waals surface area contributed by atoms with Gasteiger partial charge < -0.3 is 10.1 Å². The van der Waals surface area contributed by atoms with E-state index in [1.165, 1.54) is 34.6 Å². The largest absolute Gasteiger partial charge is 0.458 e. The van der Waals surface area contributed by atoms with Gasteiger partial charge in [0.2, 0.25) is 0 Å². The minimum Gasteiger partial charge on any atom is -0.458 e. The molecule has 0 unspecified atom stereocenters. The topological polar surface area (TPSA) is 75.7 Å². The van der Waals surface area contributed by atoms with Crippen molar-refractivity contribution in [2.24, 2.45) is 5.92 Å². The van der Waals surface area contributed by atoms with Gasteiger partial charge in [-0.2, -0.15) is 26.3 Å². The van der Waals surface area contributed by atoms with E-state index in [1.54, 1.807) is 0 Å². The fourth-order valence-electron chi connectivity index (χ4n) is 2.50. The molecule has 0 aliphatic carbocycles. The van der Waals surface area contributed by atoms with Gasteiger partial charge in [0, 0.05) is 0 Å². The number of hydrogen-bond donors (Lipinski definition) is 1. The molecule has 156 valence electrons. The van der Waals surface area contributed by atoms with Gasteiger partial charge in [0.15, 0.2) is 0 Å². The van der Waals surface area contributed by atoms with Crippen LogP contribution in [0.4, 0.5) is 31.1 Å². The third-order valence-corrected chi connectivity index (χ3v) is 3.59. The number of halogens is 6. The molecule has 0 aromatic heterocycles. The fraction of sp³-hybridized carbons (Fsp3) is 0.800. The van der Waals surface area contributed by atoms with Crippen LogP contribution in [0, 0.1) is 5.92 Å². The second-order valence-electron chi connectivity index (χ2n) is 7.53. The van der Waals surface area contributed by atoms with E-state index in [9.17, 15) is 40.7 Å². The number of urea groups is 1. The van der Waals surface area contributed by atoms with Gasteiger partial charge in [-0.05, 0) is 33.1 Å². The van der Waals surface area contributed by atoms with Crippen LogP contribution in [0.3, 0.4) is 0 Å². The number of nitrogens with one attached hydrogen (secondary N) is 1. The number of amides is 3. The molecule has 1 rings (SSSR count). The first-order valence-electron chi connectivity index (χ1n) is 7.87. The predicted octanol–water partition coefficient (Wildman–Crippen LogP) is 3.16. The van der Waals surface area contributed by atoms with Crippen LogP contribution in [0.25, 0.3) is 0 Å². The minimum absolute atomic E-state index is 0.338. The molecule has 0 saturated carbocycles. The lowest BCUT2D eigenvalue weighted by molar-refractivity contribution is -0.290. The van der Waals surface area contributed by atoms with Crippen LogP contribution in [0.15, 0.2) is 0 Å². The lowest BCUT2D eigenvalue weighted by Crippen LogP contribution is -2.68. The quantitative estimate of drug-likeness (QED) is 0.442. The molecule has 0 aromatic carbocycles. The third kappa shape index (κ3) is 4.29. The zero-order chi connectivity index (χ0) is 21.6. The highest BCUT2D eigenvalue weighted by molar-refractivity contribution is 6.10. The van der Waals surface area contributed by atoms with E-state index in [-0.39, 0.29) is 11.3 Å². The molecule has 1 heterocycles. The molecular formula is C15H20F6N2O4. The van der Waals surface area contributed by atoms with E-state index in [2.05, 4.69) is 0 Å². The average molecular weight is 406 g/mol. The molecule has 12 heteroatoms. The predicted molar refractivity (Wildman–Crippen MR) is 79.3 cm³/mol. The first kappa shape index (κ1) is 23.0. The zero-order valence-corrected chi connectivity index (χ0v) is 15.2. The molecule has 6 nitrogen and oxygen atoms in total. The molecule has 0 bridgehead atoms. The summed E-state index contributed by atoms with van der Waals surface area (Å²) in [4.78, 5) is 36.2. The van der Waals surface area contributed by atoms with Crippen LogP contribution >= 0.6 is 0 Å². The van der Waals surface area contributed by atoms with Crippen molar-refractivity contribution in [3.8, 4) is 0 Å².